The number of aromatic carboxylic acids is 1. The molecule has 0 amide bonds. The lowest BCUT2D eigenvalue weighted by atomic mass is 9.99. The van der Waals surface area contributed by atoms with E-state index in [0.29, 0.717) is 10.4 Å². The predicted molar refractivity (Wildman–Crippen MR) is 77.5 cm³/mol. The number of carboxylic acids is 1. The molecule has 2 aromatic rings. The van der Waals surface area contributed by atoms with Crippen LogP contribution in [-0.4, -0.2) is 20.6 Å². The number of carbonyl (C=O) groups is 1. The van der Waals surface area contributed by atoms with Gasteiger partial charge in [-0.2, -0.15) is 0 Å². The van der Waals surface area contributed by atoms with Gasteiger partial charge in [0.15, 0.2) is 5.69 Å². The van der Waals surface area contributed by atoms with Gasteiger partial charge in [-0.3, -0.25) is 0 Å². The molecule has 1 N–H and O–H groups in total. The fraction of sp³-hybridized carbons (Fsp3) is 0.286. The van der Waals surface area contributed by atoms with Crippen LogP contribution in [0.5, 0.6) is 0 Å². The van der Waals surface area contributed by atoms with E-state index in [0.717, 1.165) is 16.7 Å². The van der Waals surface area contributed by atoms with Crippen molar-refractivity contribution in [3.8, 4) is 11.4 Å². The number of rotatable bonds is 2. The lowest BCUT2D eigenvalue weighted by Gasteiger charge is -2.11. The second-order valence-corrected chi connectivity index (χ2v) is 5.46. The highest BCUT2D eigenvalue weighted by Crippen LogP contribution is 2.30. The van der Waals surface area contributed by atoms with Crippen LogP contribution in [0, 0.1) is 20.8 Å². The minimum atomic E-state index is -0.990. The number of imidazole rings is 1. The molecular weight excluding hydrogens is 308 g/mol. The van der Waals surface area contributed by atoms with Crippen molar-refractivity contribution < 1.29 is 9.90 Å². The van der Waals surface area contributed by atoms with E-state index in [1.54, 1.807) is 11.6 Å². The summed E-state index contributed by atoms with van der Waals surface area (Å²) in [6.45, 7) is 6.07. The molecule has 0 unspecified atom stereocenters. The van der Waals surface area contributed by atoms with Crippen molar-refractivity contribution in [2.24, 2.45) is 7.05 Å². The Morgan fingerprint density at radius 1 is 1.26 bits per heavy atom. The van der Waals surface area contributed by atoms with Gasteiger partial charge in [-0.25, -0.2) is 9.78 Å². The smallest absolute Gasteiger partial charge is 0.355 e. The Morgan fingerprint density at radius 3 is 2.21 bits per heavy atom. The quantitative estimate of drug-likeness (QED) is 0.921. The van der Waals surface area contributed by atoms with E-state index in [4.69, 9.17) is 0 Å². The first-order valence-electron chi connectivity index (χ1n) is 5.86. The van der Waals surface area contributed by atoms with Crippen LogP contribution in [0.15, 0.2) is 16.7 Å². The van der Waals surface area contributed by atoms with Crippen LogP contribution < -0.4 is 0 Å². The fourth-order valence-corrected chi connectivity index (χ4v) is 3.06. The van der Waals surface area contributed by atoms with E-state index in [-0.39, 0.29) is 5.69 Å². The largest absolute Gasteiger partial charge is 0.476 e. The molecule has 19 heavy (non-hydrogen) atoms. The van der Waals surface area contributed by atoms with E-state index in [9.17, 15) is 9.90 Å². The first-order valence-corrected chi connectivity index (χ1v) is 6.66. The van der Waals surface area contributed by atoms with Crippen molar-refractivity contribution in [2.75, 3.05) is 0 Å². The Bertz CT molecular complexity index is 651. The highest BCUT2D eigenvalue weighted by molar-refractivity contribution is 9.10. The molecule has 100 valence electrons. The number of benzene rings is 1. The molecule has 1 aromatic heterocycles. The molecule has 0 saturated heterocycles. The fourth-order valence-electron chi connectivity index (χ4n) is 2.45. The van der Waals surface area contributed by atoms with E-state index < -0.39 is 5.97 Å². The topological polar surface area (TPSA) is 55.1 Å². The van der Waals surface area contributed by atoms with Gasteiger partial charge in [0.05, 0.1) is 0 Å². The Kier molecular flexibility index (Phi) is 3.49. The molecule has 0 saturated carbocycles. The Hall–Kier alpha value is -1.62. The van der Waals surface area contributed by atoms with Crippen LogP contribution in [0.3, 0.4) is 0 Å². The molecule has 0 aliphatic rings. The maximum atomic E-state index is 11.2. The Labute approximate surface area is 120 Å². The Morgan fingerprint density at radius 2 is 1.79 bits per heavy atom. The summed E-state index contributed by atoms with van der Waals surface area (Å²) in [5, 5.41) is 9.20. The number of hydrogen-bond donors (Lipinski definition) is 1. The van der Waals surface area contributed by atoms with Gasteiger partial charge < -0.3 is 9.67 Å². The highest BCUT2D eigenvalue weighted by Gasteiger charge is 2.21. The van der Waals surface area contributed by atoms with Crippen molar-refractivity contribution >= 4 is 21.9 Å². The summed E-state index contributed by atoms with van der Waals surface area (Å²) >= 11 is 3.22. The molecule has 0 spiro atoms. The first kappa shape index (κ1) is 13.8. The van der Waals surface area contributed by atoms with E-state index in [2.05, 4.69) is 33.0 Å². The zero-order chi connectivity index (χ0) is 14.3. The summed E-state index contributed by atoms with van der Waals surface area (Å²) in [6.07, 6.45) is 0. The molecule has 0 radical (unpaired) electrons. The van der Waals surface area contributed by atoms with Crippen LogP contribution in [0.4, 0.5) is 0 Å². The molecule has 1 heterocycles. The minimum Gasteiger partial charge on any atom is -0.476 e. The van der Waals surface area contributed by atoms with Gasteiger partial charge in [-0.1, -0.05) is 17.7 Å². The number of carboxylic acid groups (broad SMARTS) is 1. The van der Waals surface area contributed by atoms with Gasteiger partial charge in [0.25, 0.3) is 0 Å². The van der Waals surface area contributed by atoms with Crippen molar-refractivity contribution in [3.63, 3.8) is 0 Å². The van der Waals surface area contributed by atoms with Gasteiger partial charge in [0.1, 0.15) is 10.4 Å². The molecule has 0 bridgehead atoms. The minimum absolute atomic E-state index is 0.161. The van der Waals surface area contributed by atoms with Crippen molar-refractivity contribution in [3.05, 3.63) is 39.1 Å². The van der Waals surface area contributed by atoms with Crippen molar-refractivity contribution in [2.45, 2.75) is 20.8 Å². The molecule has 2 rings (SSSR count). The van der Waals surface area contributed by atoms with Crippen molar-refractivity contribution in [1.29, 1.82) is 0 Å². The molecule has 1 aromatic carbocycles. The van der Waals surface area contributed by atoms with E-state index >= 15 is 0 Å². The van der Waals surface area contributed by atoms with E-state index in [1.807, 2.05) is 20.8 Å². The third-order valence-corrected chi connectivity index (χ3v) is 3.71. The lowest BCUT2D eigenvalue weighted by molar-refractivity contribution is 0.0685. The predicted octanol–water partition coefficient (Wildman–Crippen LogP) is 3.47. The summed E-state index contributed by atoms with van der Waals surface area (Å²) in [4.78, 5) is 15.6. The third-order valence-electron chi connectivity index (χ3n) is 3.16. The maximum absolute atomic E-state index is 11.2. The zero-order valence-electron chi connectivity index (χ0n) is 11.3. The molecule has 0 aliphatic carbocycles. The van der Waals surface area contributed by atoms with Crippen LogP contribution in [0.2, 0.25) is 0 Å². The molecule has 0 fully saturated rings. The highest BCUT2D eigenvalue weighted by atomic mass is 79.9. The number of nitrogens with zero attached hydrogens (tertiary/aromatic N) is 2. The summed E-state index contributed by atoms with van der Waals surface area (Å²) < 4.78 is 1.97. The van der Waals surface area contributed by atoms with Gasteiger partial charge in [0, 0.05) is 12.6 Å². The second-order valence-electron chi connectivity index (χ2n) is 4.71. The molecule has 5 heteroatoms. The van der Waals surface area contributed by atoms with Gasteiger partial charge >= 0.3 is 5.97 Å². The molecule has 0 atom stereocenters. The van der Waals surface area contributed by atoms with Gasteiger partial charge in [-0.15, -0.1) is 0 Å². The molecule has 4 nitrogen and oxygen atoms in total. The maximum Gasteiger partial charge on any atom is 0.355 e. The normalized spacial score (nSPS) is 10.8. The van der Waals surface area contributed by atoms with Crippen LogP contribution in [-0.2, 0) is 7.05 Å². The van der Waals surface area contributed by atoms with Crippen molar-refractivity contribution in [1.82, 2.24) is 9.55 Å². The number of aromatic nitrogens is 2. The number of aryl methyl sites for hydroxylation is 3. The van der Waals surface area contributed by atoms with Crippen LogP contribution in [0.25, 0.3) is 11.4 Å². The first-order chi connectivity index (χ1) is 8.82. The number of halogens is 1. The summed E-state index contributed by atoms with van der Waals surface area (Å²) in [7, 11) is 1.72. The third kappa shape index (κ3) is 2.30. The van der Waals surface area contributed by atoms with Gasteiger partial charge in [0.2, 0.25) is 0 Å². The monoisotopic (exact) mass is 322 g/mol. The standard InChI is InChI=1S/C14H15BrN2O2/c1-7-5-8(2)10(9(3)6-7)13-16-12(15)11(14(18)19)17(13)4/h5-6H,1-4H3,(H,18,19). The van der Waals surface area contributed by atoms with Crippen LogP contribution in [0.1, 0.15) is 27.2 Å². The van der Waals surface area contributed by atoms with Crippen LogP contribution >= 0.6 is 15.9 Å². The summed E-state index contributed by atoms with van der Waals surface area (Å²) in [5.41, 5.74) is 4.52. The number of hydrogen-bond acceptors (Lipinski definition) is 2. The summed E-state index contributed by atoms with van der Waals surface area (Å²) in [5.74, 6) is -0.324. The molecule has 0 aliphatic heterocycles. The van der Waals surface area contributed by atoms with E-state index in [1.165, 1.54) is 5.56 Å². The second kappa shape index (κ2) is 4.81. The molecular formula is C14H15BrN2O2. The average molecular weight is 323 g/mol. The zero-order valence-corrected chi connectivity index (χ0v) is 12.9. The lowest BCUT2D eigenvalue weighted by Crippen LogP contribution is -2.06. The Balaban J connectivity index is 2.74. The van der Waals surface area contributed by atoms with Gasteiger partial charge in [-0.05, 0) is 47.8 Å². The summed E-state index contributed by atoms with van der Waals surface area (Å²) in [6, 6.07) is 4.15. The average Bonchev–Trinajstić information content (AvgIpc) is 2.52. The SMILES string of the molecule is Cc1cc(C)c(-c2nc(Br)c(C(=O)O)n2C)c(C)c1.